The standard InChI is InChI=1S/C12H19N3O3/c1-3-4-12(17)7-15(8-12)6-10(16)13-11-5-9(2)14-18-11/h5,17H,3-4,6-8H2,1-2H3,(H,13,16). The van der Waals surface area contributed by atoms with Crippen LogP contribution in [0.25, 0.3) is 0 Å². The van der Waals surface area contributed by atoms with Gasteiger partial charge in [0.15, 0.2) is 0 Å². The maximum atomic E-state index is 11.7. The van der Waals surface area contributed by atoms with Gasteiger partial charge in [0, 0.05) is 19.2 Å². The highest BCUT2D eigenvalue weighted by atomic mass is 16.5. The van der Waals surface area contributed by atoms with Gasteiger partial charge < -0.3 is 9.63 Å². The van der Waals surface area contributed by atoms with Crippen LogP contribution in [-0.2, 0) is 4.79 Å². The quantitative estimate of drug-likeness (QED) is 0.810. The molecule has 2 rings (SSSR count). The number of aryl methyl sites for hydroxylation is 1. The lowest BCUT2D eigenvalue weighted by molar-refractivity contribution is -0.129. The summed E-state index contributed by atoms with van der Waals surface area (Å²) in [6.07, 6.45) is 1.74. The zero-order chi connectivity index (χ0) is 13.2. The second kappa shape index (κ2) is 5.07. The highest BCUT2D eigenvalue weighted by Crippen LogP contribution is 2.25. The second-order valence-corrected chi connectivity index (χ2v) is 5.00. The third-order valence-corrected chi connectivity index (χ3v) is 3.01. The Bertz CT molecular complexity index is 424. The lowest BCUT2D eigenvalue weighted by atomic mass is 9.89. The van der Waals surface area contributed by atoms with Gasteiger partial charge >= 0.3 is 0 Å². The monoisotopic (exact) mass is 253 g/mol. The minimum absolute atomic E-state index is 0.148. The van der Waals surface area contributed by atoms with E-state index in [-0.39, 0.29) is 12.5 Å². The maximum Gasteiger partial charge on any atom is 0.240 e. The molecule has 0 radical (unpaired) electrons. The van der Waals surface area contributed by atoms with Crippen LogP contribution in [0.4, 0.5) is 5.88 Å². The molecular weight excluding hydrogens is 234 g/mol. The molecule has 0 unspecified atom stereocenters. The van der Waals surface area contributed by atoms with Gasteiger partial charge in [0.05, 0.1) is 17.8 Å². The van der Waals surface area contributed by atoms with E-state index in [1.807, 2.05) is 11.8 Å². The van der Waals surface area contributed by atoms with E-state index >= 15 is 0 Å². The van der Waals surface area contributed by atoms with Crippen LogP contribution in [0.5, 0.6) is 0 Å². The molecule has 1 fully saturated rings. The first-order valence-electron chi connectivity index (χ1n) is 6.19. The summed E-state index contributed by atoms with van der Waals surface area (Å²) in [5, 5.41) is 16.3. The lowest BCUT2D eigenvalue weighted by Gasteiger charge is -2.46. The number of rotatable bonds is 5. The molecule has 100 valence electrons. The van der Waals surface area contributed by atoms with Crippen LogP contribution in [0.15, 0.2) is 10.6 Å². The predicted molar refractivity (Wildman–Crippen MR) is 66.2 cm³/mol. The van der Waals surface area contributed by atoms with Gasteiger partial charge in [-0.2, -0.15) is 0 Å². The number of carbonyl (C=O) groups excluding carboxylic acids is 1. The largest absolute Gasteiger partial charge is 0.387 e. The van der Waals surface area contributed by atoms with Crippen LogP contribution in [0.1, 0.15) is 25.5 Å². The number of hydrogen-bond donors (Lipinski definition) is 2. The van der Waals surface area contributed by atoms with E-state index in [9.17, 15) is 9.90 Å². The first kappa shape index (κ1) is 13.0. The van der Waals surface area contributed by atoms with Gasteiger partial charge in [0.1, 0.15) is 0 Å². The van der Waals surface area contributed by atoms with Gasteiger partial charge in [0.2, 0.25) is 11.8 Å². The number of β-amino-alcohol motifs (C(OH)–C–C–N with tert-alkyl or cyclic N) is 1. The molecule has 0 bridgehead atoms. The van der Waals surface area contributed by atoms with E-state index in [4.69, 9.17) is 4.52 Å². The van der Waals surface area contributed by atoms with Crippen molar-refractivity contribution in [2.24, 2.45) is 0 Å². The van der Waals surface area contributed by atoms with Gasteiger partial charge in [-0.25, -0.2) is 0 Å². The smallest absolute Gasteiger partial charge is 0.240 e. The Morgan fingerprint density at radius 2 is 2.39 bits per heavy atom. The topological polar surface area (TPSA) is 78.6 Å². The van der Waals surface area contributed by atoms with Crippen LogP contribution in [-0.4, -0.2) is 46.3 Å². The molecule has 1 aromatic rings. The van der Waals surface area contributed by atoms with Crippen molar-refractivity contribution in [1.82, 2.24) is 10.1 Å². The summed E-state index contributed by atoms with van der Waals surface area (Å²) in [7, 11) is 0. The summed E-state index contributed by atoms with van der Waals surface area (Å²) in [6, 6.07) is 1.67. The summed E-state index contributed by atoms with van der Waals surface area (Å²) in [5.41, 5.74) is 0.129. The third-order valence-electron chi connectivity index (χ3n) is 3.01. The summed E-state index contributed by atoms with van der Waals surface area (Å²) in [6.45, 7) is 5.22. The van der Waals surface area contributed by atoms with E-state index in [2.05, 4.69) is 10.5 Å². The number of aliphatic hydroxyl groups is 1. The fourth-order valence-electron chi connectivity index (χ4n) is 2.32. The molecule has 1 aromatic heterocycles. The van der Waals surface area contributed by atoms with Gasteiger partial charge in [-0.3, -0.25) is 15.0 Å². The molecule has 1 aliphatic heterocycles. The zero-order valence-corrected chi connectivity index (χ0v) is 10.8. The van der Waals surface area contributed by atoms with Gasteiger partial charge in [-0.05, 0) is 13.3 Å². The fraction of sp³-hybridized carbons (Fsp3) is 0.667. The molecule has 1 aliphatic rings. The van der Waals surface area contributed by atoms with Crippen molar-refractivity contribution in [3.63, 3.8) is 0 Å². The number of nitrogens with one attached hydrogen (secondary N) is 1. The molecule has 1 saturated heterocycles. The Kier molecular flexibility index (Phi) is 3.68. The second-order valence-electron chi connectivity index (χ2n) is 5.00. The molecule has 1 amide bonds. The lowest BCUT2D eigenvalue weighted by Crippen LogP contribution is -2.62. The molecule has 0 aromatic carbocycles. The fourth-order valence-corrected chi connectivity index (χ4v) is 2.32. The SMILES string of the molecule is CCCC1(O)CN(CC(=O)Nc2cc(C)no2)C1. The van der Waals surface area contributed by atoms with Crippen LogP contribution >= 0.6 is 0 Å². The maximum absolute atomic E-state index is 11.7. The predicted octanol–water partition coefficient (Wildman–Crippen LogP) is 0.768. The Balaban J connectivity index is 1.73. The molecule has 0 saturated carbocycles. The van der Waals surface area contributed by atoms with Crippen molar-refractivity contribution < 1.29 is 14.4 Å². The summed E-state index contributed by atoms with van der Waals surface area (Å²) >= 11 is 0. The summed E-state index contributed by atoms with van der Waals surface area (Å²) in [5.74, 6) is 0.214. The zero-order valence-electron chi connectivity index (χ0n) is 10.8. The van der Waals surface area contributed by atoms with E-state index in [1.54, 1.807) is 13.0 Å². The Morgan fingerprint density at radius 1 is 1.67 bits per heavy atom. The third kappa shape index (κ3) is 3.08. The Morgan fingerprint density at radius 3 is 2.94 bits per heavy atom. The highest BCUT2D eigenvalue weighted by Gasteiger charge is 2.40. The van der Waals surface area contributed by atoms with E-state index in [0.717, 1.165) is 18.5 Å². The number of nitrogens with zero attached hydrogens (tertiary/aromatic N) is 2. The van der Waals surface area contributed by atoms with Crippen molar-refractivity contribution >= 4 is 11.8 Å². The van der Waals surface area contributed by atoms with Crippen molar-refractivity contribution in [1.29, 1.82) is 0 Å². The number of carbonyl (C=O) groups is 1. The van der Waals surface area contributed by atoms with E-state index in [0.29, 0.717) is 19.0 Å². The first-order chi connectivity index (χ1) is 8.50. The van der Waals surface area contributed by atoms with Crippen molar-refractivity contribution in [3.05, 3.63) is 11.8 Å². The van der Waals surface area contributed by atoms with Crippen LogP contribution in [0, 0.1) is 6.92 Å². The van der Waals surface area contributed by atoms with Crippen LogP contribution in [0.2, 0.25) is 0 Å². The number of anilines is 1. The molecule has 2 heterocycles. The number of amides is 1. The summed E-state index contributed by atoms with van der Waals surface area (Å²) < 4.78 is 4.90. The average molecular weight is 253 g/mol. The van der Waals surface area contributed by atoms with E-state index in [1.165, 1.54) is 0 Å². The molecule has 2 N–H and O–H groups in total. The molecular formula is C12H19N3O3. The first-order valence-corrected chi connectivity index (χ1v) is 6.19. The van der Waals surface area contributed by atoms with Crippen molar-refractivity contribution in [2.45, 2.75) is 32.3 Å². The van der Waals surface area contributed by atoms with Gasteiger partial charge in [0.25, 0.3) is 0 Å². The molecule has 18 heavy (non-hydrogen) atoms. The van der Waals surface area contributed by atoms with Crippen LogP contribution < -0.4 is 5.32 Å². The Labute approximate surface area is 106 Å². The number of hydrogen-bond acceptors (Lipinski definition) is 5. The van der Waals surface area contributed by atoms with Gasteiger partial charge in [-0.15, -0.1) is 0 Å². The minimum Gasteiger partial charge on any atom is -0.387 e. The molecule has 0 aliphatic carbocycles. The number of likely N-dealkylation sites (tertiary alicyclic amines) is 1. The average Bonchev–Trinajstić information content (AvgIpc) is 2.61. The van der Waals surface area contributed by atoms with Crippen LogP contribution in [0.3, 0.4) is 0 Å². The number of aromatic nitrogens is 1. The Hall–Kier alpha value is -1.40. The normalized spacial score (nSPS) is 18.4. The molecule has 6 heteroatoms. The highest BCUT2D eigenvalue weighted by molar-refractivity contribution is 5.91. The van der Waals surface area contributed by atoms with Crippen molar-refractivity contribution in [2.75, 3.05) is 25.0 Å². The van der Waals surface area contributed by atoms with Crippen molar-refractivity contribution in [3.8, 4) is 0 Å². The minimum atomic E-state index is -0.599. The molecule has 0 spiro atoms. The molecule has 0 atom stereocenters. The molecule has 6 nitrogen and oxygen atoms in total. The van der Waals surface area contributed by atoms with E-state index < -0.39 is 5.60 Å². The van der Waals surface area contributed by atoms with Gasteiger partial charge in [-0.1, -0.05) is 18.5 Å². The summed E-state index contributed by atoms with van der Waals surface area (Å²) in [4.78, 5) is 13.6.